The maximum Gasteiger partial charge on any atom is 0.261 e. The minimum Gasteiger partial charge on any atom is -0.314 e. The van der Waals surface area contributed by atoms with E-state index in [2.05, 4.69) is 26.1 Å². The number of imide groups is 1. The Morgan fingerprint density at radius 2 is 1.76 bits per heavy atom. The number of nitrogens with zero attached hydrogens (tertiary/aromatic N) is 2. The molecule has 21 heavy (non-hydrogen) atoms. The summed E-state index contributed by atoms with van der Waals surface area (Å²) < 4.78 is 0.824. The van der Waals surface area contributed by atoms with Gasteiger partial charge in [-0.1, -0.05) is 15.9 Å². The summed E-state index contributed by atoms with van der Waals surface area (Å²) >= 11 is 3.34. The summed E-state index contributed by atoms with van der Waals surface area (Å²) in [5, 5.41) is 3.31. The van der Waals surface area contributed by atoms with E-state index in [0.717, 1.165) is 43.6 Å². The number of rotatable bonds is 4. The summed E-state index contributed by atoms with van der Waals surface area (Å²) in [6.45, 7) is 5.53. The molecule has 1 fully saturated rings. The SMILES string of the molecule is O=C1c2ccc(Br)cc2C(=O)N1CCCN1CCNCC1. The summed E-state index contributed by atoms with van der Waals surface area (Å²) in [7, 11) is 0. The van der Waals surface area contributed by atoms with Gasteiger partial charge in [-0.05, 0) is 31.2 Å². The number of hydrogen-bond acceptors (Lipinski definition) is 4. The van der Waals surface area contributed by atoms with Gasteiger partial charge in [0.2, 0.25) is 0 Å². The second-order valence-electron chi connectivity index (χ2n) is 5.40. The van der Waals surface area contributed by atoms with Crippen LogP contribution in [0.3, 0.4) is 0 Å². The standard InChI is InChI=1S/C15H18BrN3O2/c16-11-2-3-12-13(10-11)15(21)19(14(12)20)7-1-6-18-8-4-17-5-9-18/h2-3,10,17H,1,4-9H2. The van der Waals surface area contributed by atoms with Gasteiger partial charge >= 0.3 is 0 Å². The third-order valence-corrected chi connectivity index (χ3v) is 4.49. The lowest BCUT2D eigenvalue weighted by Crippen LogP contribution is -2.44. The van der Waals surface area contributed by atoms with Crippen molar-refractivity contribution in [2.75, 3.05) is 39.3 Å². The first-order valence-corrected chi connectivity index (χ1v) is 8.05. The van der Waals surface area contributed by atoms with Crippen molar-refractivity contribution in [2.24, 2.45) is 0 Å². The summed E-state index contributed by atoms with van der Waals surface area (Å²) in [5.41, 5.74) is 1.03. The van der Waals surface area contributed by atoms with Gasteiger partial charge in [-0.15, -0.1) is 0 Å². The first kappa shape index (κ1) is 14.7. The van der Waals surface area contributed by atoms with Crippen molar-refractivity contribution in [1.29, 1.82) is 0 Å². The number of nitrogens with one attached hydrogen (secondary N) is 1. The molecule has 6 heteroatoms. The highest BCUT2D eigenvalue weighted by Crippen LogP contribution is 2.26. The van der Waals surface area contributed by atoms with Crippen LogP contribution in [0.15, 0.2) is 22.7 Å². The van der Waals surface area contributed by atoms with Crippen molar-refractivity contribution in [3.05, 3.63) is 33.8 Å². The Labute approximate surface area is 132 Å². The molecule has 0 radical (unpaired) electrons. The van der Waals surface area contributed by atoms with Crippen LogP contribution in [-0.4, -0.2) is 60.9 Å². The van der Waals surface area contributed by atoms with Crippen molar-refractivity contribution in [3.63, 3.8) is 0 Å². The van der Waals surface area contributed by atoms with Crippen molar-refractivity contribution in [1.82, 2.24) is 15.1 Å². The van der Waals surface area contributed by atoms with Crippen LogP contribution in [0.4, 0.5) is 0 Å². The first-order chi connectivity index (χ1) is 10.2. The summed E-state index contributed by atoms with van der Waals surface area (Å²) in [5.74, 6) is -0.334. The quantitative estimate of drug-likeness (QED) is 0.831. The zero-order valence-electron chi connectivity index (χ0n) is 11.8. The van der Waals surface area contributed by atoms with E-state index < -0.39 is 0 Å². The third-order valence-electron chi connectivity index (χ3n) is 4.00. The molecule has 0 unspecified atom stereocenters. The van der Waals surface area contributed by atoms with E-state index in [1.807, 2.05) is 0 Å². The van der Waals surface area contributed by atoms with E-state index in [4.69, 9.17) is 0 Å². The topological polar surface area (TPSA) is 52.7 Å². The number of hydrogen-bond donors (Lipinski definition) is 1. The molecular weight excluding hydrogens is 334 g/mol. The number of amides is 2. The van der Waals surface area contributed by atoms with Crippen LogP contribution in [0.2, 0.25) is 0 Å². The molecule has 0 aliphatic carbocycles. The average molecular weight is 352 g/mol. The first-order valence-electron chi connectivity index (χ1n) is 7.25. The molecule has 3 rings (SSSR count). The van der Waals surface area contributed by atoms with Crippen LogP contribution in [0, 0.1) is 0 Å². The van der Waals surface area contributed by atoms with Crippen molar-refractivity contribution >= 4 is 27.7 Å². The second-order valence-corrected chi connectivity index (χ2v) is 6.31. The predicted octanol–water partition coefficient (Wildman–Crippen LogP) is 1.34. The molecule has 0 aromatic heterocycles. The normalized spacial score (nSPS) is 19.2. The fraction of sp³-hybridized carbons (Fsp3) is 0.467. The van der Waals surface area contributed by atoms with Crippen molar-refractivity contribution in [3.8, 4) is 0 Å². The summed E-state index contributed by atoms with van der Waals surface area (Å²) in [6.07, 6.45) is 0.826. The van der Waals surface area contributed by atoms with Crippen molar-refractivity contribution < 1.29 is 9.59 Å². The van der Waals surface area contributed by atoms with E-state index in [-0.39, 0.29) is 11.8 Å². The molecule has 0 spiro atoms. The van der Waals surface area contributed by atoms with Gasteiger partial charge in [-0.25, -0.2) is 0 Å². The van der Waals surface area contributed by atoms with Gasteiger partial charge in [0.25, 0.3) is 11.8 Å². The fourth-order valence-electron chi connectivity index (χ4n) is 2.85. The Kier molecular flexibility index (Phi) is 4.37. The lowest BCUT2D eigenvalue weighted by atomic mass is 10.1. The molecule has 1 aromatic rings. The van der Waals surface area contributed by atoms with Gasteiger partial charge in [-0.3, -0.25) is 14.5 Å². The second kappa shape index (κ2) is 6.25. The zero-order valence-corrected chi connectivity index (χ0v) is 13.4. The highest BCUT2D eigenvalue weighted by molar-refractivity contribution is 9.10. The highest BCUT2D eigenvalue weighted by Gasteiger charge is 2.35. The molecular formula is C15H18BrN3O2. The van der Waals surface area contributed by atoms with Crippen LogP contribution in [-0.2, 0) is 0 Å². The van der Waals surface area contributed by atoms with Gasteiger partial charge < -0.3 is 10.2 Å². The number of carbonyl (C=O) groups is 2. The predicted molar refractivity (Wildman–Crippen MR) is 83.4 cm³/mol. The van der Waals surface area contributed by atoms with E-state index in [0.29, 0.717) is 17.7 Å². The van der Waals surface area contributed by atoms with Gasteiger partial charge in [0.1, 0.15) is 0 Å². The molecule has 1 N–H and O–H groups in total. The molecule has 2 amide bonds. The van der Waals surface area contributed by atoms with E-state index in [1.165, 1.54) is 4.90 Å². The monoisotopic (exact) mass is 351 g/mol. The van der Waals surface area contributed by atoms with E-state index >= 15 is 0 Å². The highest BCUT2D eigenvalue weighted by atomic mass is 79.9. The van der Waals surface area contributed by atoms with Gasteiger partial charge in [0, 0.05) is 37.2 Å². The molecule has 0 saturated carbocycles. The van der Waals surface area contributed by atoms with Gasteiger partial charge in [-0.2, -0.15) is 0 Å². The smallest absolute Gasteiger partial charge is 0.261 e. The van der Waals surface area contributed by atoms with Crippen molar-refractivity contribution in [2.45, 2.75) is 6.42 Å². The summed E-state index contributed by atoms with van der Waals surface area (Å²) in [4.78, 5) is 28.3. The maximum absolute atomic E-state index is 12.3. The number of piperazine rings is 1. The van der Waals surface area contributed by atoms with Crippen LogP contribution in [0.1, 0.15) is 27.1 Å². The molecule has 1 saturated heterocycles. The van der Waals surface area contributed by atoms with Crippen LogP contribution >= 0.6 is 15.9 Å². The Balaban J connectivity index is 1.59. The van der Waals surface area contributed by atoms with E-state index in [1.54, 1.807) is 18.2 Å². The molecule has 1 aromatic carbocycles. The lowest BCUT2D eigenvalue weighted by Gasteiger charge is -2.27. The Morgan fingerprint density at radius 1 is 1.05 bits per heavy atom. The summed E-state index contributed by atoms with van der Waals surface area (Å²) in [6, 6.07) is 5.25. The number of benzene rings is 1. The molecule has 0 atom stereocenters. The van der Waals surface area contributed by atoms with E-state index in [9.17, 15) is 9.59 Å². The van der Waals surface area contributed by atoms with Crippen LogP contribution < -0.4 is 5.32 Å². The Morgan fingerprint density at radius 3 is 2.52 bits per heavy atom. The zero-order chi connectivity index (χ0) is 14.8. The third kappa shape index (κ3) is 3.02. The average Bonchev–Trinajstić information content (AvgIpc) is 2.73. The maximum atomic E-state index is 12.3. The molecule has 2 heterocycles. The lowest BCUT2D eigenvalue weighted by molar-refractivity contribution is 0.0646. The molecule has 2 aliphatic rings. The number of fused-ring (bicyclic) bond motifs is 1. The van der Waals surface area contributed by atoms with Gasteiger partial charge in [0.15, 0.2) is 0 Å². The number of carbonyl (C=O) groups excluding carboxylic acids is 2. The van der Waals surface area contributed by atoms with Gasteiger partial charge in [0.05, 0.1) is 11.1 Å². The molecule has 5 nitrogen and oxygen atoms in total. The Bertz CT molecular complexity index is 570. The van der Waals surface area contributed by atoms with Crippen LogP contribution in [0.5, 0.6) is 0 Å². The largest absolute Gasteiger partial charge is 0.314 e. The minimum absolute atomic E-state index is 0.164. The molecule has 112 valence electrons. The molecule has 2 aliphatic heterocycles. The Hall–Kier alpha value is -1.24. The fourth-order valence-corrected chi connectivity index (χ4v) is 3.21. The number of halogens is 1. The minimum atomic E-state index is -0.170. The van der Waals surface area contributed by atoms with Crippen LogP contribution in [0.25, 0.3) is 0 Å². The molecule has 0 bridgehead atoms.